The Kier molecular flexibility index (Phi) is 3.95. The summed E-state index contributed by atoms with van der Waals surface area (Å²) in [5, 5.41) is 0. The minimum Gasteiger partial charge on any atom is -0.459 e. The first kappa shape index (κ1) is 9.68. The number of esters is 1. The maximum Gasteiger partial charge on any atom is 0.303 e. The van der Waals surface area contributed by atoms with E-state index in [0.717, 1.165) is 6.08 Å². The van der Waals surface area contributed by atoms with Crippen LogP contribution in [-0.2, 0) is 14.3 Å². The van der Waals surface area contributed by atoms with Crippen LogP contribution in [0.15, 0.2) is 12.2 Å². The van der Waals surface area contributed by atoms with Crippen LogP contribution in [-0.4, -0.2) is 18.0 Å². The highest BCUT2D eigenvalue weighted by Gasteiger charge is 1.99. The van der Waals surface area contributed by atoms with Crippen molar-refractivity contribution < 1.29 is 14.3 Å². The van der Waals surface area contributed by atoms with E-state index in [1.165, 1.54) is 13.0 Å². The second kappa shape index (κ2) is 4.49. The number of primary amides is 1. The van der Waals surface area contributed by atoms with Crippen molar-refractivity contribution in [2.24, 2.45) is 5.73 Å². The molecule has 2 N–H and O–H groups in total. The van der Waals surface area contributed by atoms with E-state index in [9.17, 15) is 9.59 Å². The predicted octanol–water partition coefficient (Wildman–Crippen LogP) is -0.0205. The van der Waals surface area contributed by atoms with Crippen LogP contribution in [0.25, 0.3) is 0 Å². The second-order valence-electron chi connectivity index (χ2n) is 2.08. The van der Waals surface area contributed by atoms with Crippen molar-refractivity contribution in [3.63, 3.8) is 0 Å². The Morgan fingerprint density at radius 2 is 2.09 bits per heavy atom. The molecule has 62 valence electrons. The van der Waals surface area contributed by atoms with Gasteiger partial charge in [-0.25, -0.2) is 0 Å². The van der Waals surface area contributed by atoms with Gasteiger partial charge < -0.3 is 10.5 Å². The SMILES string of the molecule is CC(=O)O[C@H](C)/C=C\C(N)=O. The van der Waals surface area contributed by atoms with E-state index in [2.05, 4.69) is 4.74 Å². The van der Waals surface area contributed by atoms with Gasteiger partial charge in [-0.15, -0.1) is 0 Å². The maximum absolute atomic E-state index is 10.3. The molecule has 0 aliphatic heterocycles. The number of amides is 1. The van der Waals surface area contributed by atoms with Crippen molar-refractivity contribution in [1.82, 2.24) is 0 Å². The Hall–Kier alpha value is -1.32. The number of carbonyl (C=O) groups excluding carboxylic acids is 2. The standard InChI is InChI=1S/C7H11NO3/c1-5(11-6(2)9)3-4-7(8)10/h3-5H,1-2H3,(H2,8,10)/b4-3-/t5-/m1/s1. The number of hydrogen-bond donors (Lipinski definition) is 1. The van der Waals surface area contributed by atoms with E-state index >= 15 is 0 Å². The first-order chi connectivity index (χ1) is 5.02. The predicted molar refractivity (Wildman–Crippen MR) is 39.6 cm³/mol. The summed E-state index contributed by atoms with van der Waals surface area (Å²) < 4.78 is 4.67. The van der Waals surface area contributed by atoms with Crippen LogP contribution in [0, 0.1) is 0 Å². The summed E-state index contributed by atoms with van der Waals surface area (Å²) in [5.74, 6) is -0.935. The van der Waals surface area contributed by atoms with Gasteiger partial charge in [0.15, 0.2) is 0 Å². The van der Waals surface area contributed by atoms with Crippen LogP contribution in [0.2, 0.25) is 0 Å². The molecule has 11 heavy (non-hydrogen) atoms. The minimum absolute atomic E-state index is 0.383. The Morgan fingerprint density at radius 3 is 2.45 bits per heavy atom. The number of nitrogens with two attached hydrogens (primary N) is 1. The monoisotopic (exact) mass is 157 g/mol. The highest BCUT2D eigenvalue weighted by molar-refractivity contribution is 5.85. The van der Waals surface area contributed by atoms with E-state index in [1.807, 2.05) is 0 Å². The molecule has 0 unspecified atom stereocenters. The van der Waals surface area contributed by atoms with Crippen molar-refractivity contribution >= 4 is 11.9 Å². The molecule has 0 radical (unpaired) electrons. The molecule has 0 fully saturated rings. The first-order valence-electron chi connectivity index (χ1n) is 3.17. The van der Waals surface area contributed by atoms with Gasteiger partial charge in [0.05, 0.1) is 0 Å². The molecule has 0 aliphatic rings. The van der Waals surface area contributed by atoms with Crippen LogP contribution < -0.4 is 5.73 Å². The Morgan fingerprint density at radius 1 is 1.55 bits per heavy atom. The average Bonchev–Trinajstić information content (AvgIpc) is 1.82. The summed E-state index contributed by atoms with van der Waals surface area (Å²) in [5.41, 5.74) is 4.81. The van der Waals surface area contributed by atoms with Crippen LogP contribution in [0.3, 0.4) is 0 Å². The normalized spacial score (nSPS) is 12.9. The largest absolute Gasteiger partial charge is 0.459 e. The third-order valence-corrected chi connectivity index (χ3v) is 0.883. The van der Waals surface area contributed by atoms with Gasteiger partial charge in [-0.3, -0.25) is 9.59 Å². The quantitative estimate of drug-likeness (QED) is 0.462. The molecule has 0 aromatic rings. The molecule has 0 heterocycles. The highest BCUT2D eigenvalue weighted by atomic mass is 16.5. The van der Waals surface area contributed by atoms with Gasteiger partial charge in [-0.1, -0.05) is 0 Å². The molecule has 1 amide bonds. The van der Waals surface area contributed by atoms with Crippen molar-refractivity contribution in [1.29, 1.82) is 0 Å². The summed E-state index contributed by atoms with van der Waals surface area (Å²) in [4.78, 5) is 20.5. The topological polar surface area (TPSA) is 69.4 Å². The summed E-state index contributed by atoms with van der Waals surface area (Å²) in [6.45, 7) is 2.94. The summed E-state index contributed by atoms with van der Waals surface area (Å²) in [7, 11) is 0. The van der Waals surface area contributed by atoms with E-state index < -0.39 is 12.0 Å². The van der Waals surface area contributed by atoms with E-state index in [4.69, 9.17) is 5.73 Å². The maximum atomic E-state index is 10.3. The van der Waals surface area contributed by atoms with Crippen molar-refractivity contribution in [3.05, 3.63) is 12.2 Å². The van der Waals surface area contributed by atoms with Crippen LogP contribution in [0.5, 0.6) is 0 Å². The third kappa shape index (κ3) is 6.57. The number of ether oxygens (including phenoxy) is 1. The average molecular weight is 157 g/mol. The van der Waals surface area contributed by atoms with Gasteiger partial charge in [-0.2, -0.15) is 0 Å². The fourth-order valence-electron chi connectivity index (χ4n) is 0.531. The van der Waals surface area contributed by atoms with E-state index in [1.54, 1.807) is 6.92 Å². The molecule has 0 saturated carbocycles. The molecule has 0 aliphatic carbocycles. The molecule has 4 nitrogen and oxygen atoms in total. The number of hydrogen-bond acceptors (Lipinski definition) is 3. The molecule has 0 saturated heterocycles. The summed E-state index contributed by atoms with van der Waals surface area (Å²) >= 11 is 0. The Bertz CT molecular complexity index is 186. The lowest BCUT2D eigenvalue weighted by Crippen LogP contribution is -2.11. The molecule has 0 spiro atoms. The molecule has 0 aromatic carbocycles. The smallest absolute Gasteiger partial charge is 0.303 e. The molecule has 0 rings (SSSR count). The first-order valence-corrected chi connectivity index (χ1v) is 3.17. The van der Waals surface area contributed by atoms with Crippen LogP contribution >= 0.6 is 0 Å². The lowest BCUT2D eigenvalue weighted by Gasteiger charge is -2.04. The third-order valence-electron chi connectivity index (χ3n) is 0.883. The van der Waals surface area contributed by atoms with Gasteiger partial charge >= 0.3 is 5.97 Å². The zero-order valence-corrected chi connectivity index (χ0v) is 6.53. The van der Waals surface area contributed by atoms with Crippen molar-refractivity contribution in [3.8, 4) is 0 Å². The fraction of sp³-hybridized carbons (Fsp3) is 0.429. The van der Waals surface area contributed by atoms with Crippen molar-refractivity contribution in [2.75, 3.05) is 0 Å². The Labute approximate surface area is 65.0 Å². The van der Waals surface area contributed by atoms with Crippen LogP contribution in [0.1, 0.15) is 13.8 Å². The second-order valence-corrected chi connectivity index (χ2v) is 2.08. The molecule has 0 bridgehead atoms. The lowest BCUT2D eigenvalue weighted by atomic mass is 10.3. The van der Waals surface area contributed by atoms with E-state index in [-0.39, 0.29) is 5.97 Å². The van der Waals surface area contributed by atoms with Crippen molar-refractivity contribution in [2.45, 2.75) is 20.0 Å². The van der Waals surface area contributed by atoms with Gasteiger partial charge in [-0.05, 0) is 13.0 Å². The van der Waals surface area contributed by atoms with Gasteiger partial charge in [0, 0.05) is 13.0 Å². The van der Waals surface area contributed by atoms with Gasteiger partial charge in [0.1, 0.15) is 6.10 Å². The summed E-state index contributed by atoms with van der Waals surface area (Å²) in [6, 6.07) is 0. The van der Waals surface area contributed by atoms with Gasteiger partial charge in [0.2, 0.25) is 5.91 Å². The zero-order valence-electron chi connectivity index (χ0n) is 6.53. The molecule has 1 atom stereocenters. The van der Waals surface area contributed by atoms with Gasteiger partial charge in [0.25, 0.3) is 0 Å². The Balaban J connectivity index is 3.77. The zero-order chi connectivity index (χ0) is 8.85. The summed E-state index contributed by atoms with van der Waals surface area (Å²) in [6.07, 6.45) is 2.18. The van der Waals surface area contributed by atoms with E-state index in [0.29, 0.717) is 0 Å². The minimum atomic E-state index is -0.552. The number of rotatable bonds is 3. The van der Waals surface area contributed by atoms with Crippen LogP contribution in [0.4, 0.5) is 0 Å². The molecular formula is C7H11NO3. The molecule has 4 heteroatoms. The highest BCUT2D eigenvalue weighted by Crippen LogP contribution is 1.92. The fourth-order valence-corrected chi connectivity index (χ4v) is 0.531. The molecular weight excluding hydrogens is 146 g/mol. The molecule has 0 aromatic heterocycles. The lowest BCUT2D eigenvalue weighted by molar-refractivity contribution is -0.143. The number of carbonyl (C=O) groups is 2.